The van der Waals surface area contributed by atoms with E-state index in [2.05, 4.69) is 22.1 Å². The number of carbonyl (C=O) groups excluding carboxylic acids is 1. The largest absolute Gasteiger partial charge is 0.323 e. The van der Waals surface area contributed by atoms with Crippen LogP contribution in [0.5, 0.6) is 0 Å². The number of hydrogen-bond donors (Lipinski definition) is 1. The highest BCUT2D eigenvalue weighted by atomic mass is 35.5. The van der Waals surface area contributed by atoms with E-state index in [4.69, 9.17) is 11.6 Å². The van der Waals surface area contributed by atoms with Crippen molar-refractivity contribution in [1.82, 2.24) is 9.47 Å². The molecule has 0 spiro atoms. The van der Waals surface area contributed by atoms with Gasteiger partial charge in [0.05, 0.1) is 29.0 Å². The predicted octanol–water partition coefficient (Wildman–Crippen LogP) is 7.35. The van der Waals surface area contributed by atoms with Crippen molar-refractivity contribution in [3.05, 3.63) is 105 Å². The summed E-state index contributed by atoms with van der Waals surface area (Å²) < 4.78 is 16.0. The first-order valence-electron chi connectivity index (χ1n) is 11.5. The van der Waals surface area contributed by atoms with E-state index in [1.165, 1.54) is 46.0 Å². The second-order valence-corrected chi connectivity index (χ2v) is 10.3. The third-order valence-electron chi connectivity index (χ3n) is 6.74. The highest BCUT2D eigenvalue weighted by Crippen LogP contribution is 2.44. The molecule has 4 aromatic rings. The molecule has 0 bridgehead atoms. The topological polar surface area (TPSA) is 37.3 Å². The van der Waals surface area contributed by atoms with Gasteiger partial charge < -0.3 is 14.8 Å². The number of fused-ring (bicyclic) bond motifs is 5. The molecule has 0 saturated heterocycles. The first-order chi connectivity index (χ1) is 16.6. The van der Waals surface area contributed by atoms with Gasteiger partial charge in [0, 0.05) is 16.6 Å². The van der Waals surface area contributed by atoms with Crippen LogP contribution in [0, 0.1) is 5.82 Å². The summed E-state index contributed by atoms with van der Waals surface area (Å²) >= 11 is 8.20. The van der Waals surface area contributed by atoms with Crippen molar-refractivity contribution >= 4 is 34.7 Å². The van der Waals surface area contributed by atoms with Crippen LogP contribution in [0.1, 0.15) is 46.1 Å². The Labute approximate surface area is 206 Å². The number of halogens is 2. The van der Waals surface area contributed by atoms with Gasteiger partial charge in [0.2, 0.25) is 0 Å². The molecular weight excluding hydrogens is 469 g/mol. The molecular formula is C27H23ClFN3OS. The van der Waals surface area contributed by atoms with Crippen molar-refractivity contribution in [3.8, 4) is 5.00 Å². The average Bonchev–Trinajstić information content (AvgIpc) is 3.43. The minimum absolute atomic E-state index is 0.237. The SMILES string of the molecule is O=C(Nc1ccccc1Cl)N1Cc2c(sc3c2CCCC3)-n2cccc2[C@H]1c1ccc(F)cc1. The van der Waals surface area contributed by atoms with Gasteiger partial charge in [-0.2, -0.15) is 0 Å². The minimum atomic E-state index is -0.378. The third kappa shape index (κ3) is 3.62. The van der Waals surface area contributed by atoms with Crippen LogP contribution in [-0.4, -0.2) is 15.5 Å². The molecule has 4 nitrogen and oxygen atoms in total. The molecule has 6 rings (SSSR count). The van der Waals surface area contributed by atoms with Crippen LogP contribution in [0.3, 0.4) is 0 Å². The maximum Gasteiger partial charge on any atom is 0.323 e. The molecule has 3 heterocycles. The lowest BCUT2D eigenvalue weighted by Crippen LogP contribution is -2.38. The van der Waals surface area contributed by atoms with E-state index in [1.54, 1.807) is 24.3 Å². The normalized spacial score (nSPS) is 16.9. The number of carbonyl (C=O) groups is 1. The molecule has 1 N–H and O–H groups in total. The first kappa shape index (κ1) is 21.4. The zero-order valence-corrected chi connectivity index (χ0v) is 20.0. The first-order valence-corrected chi connectivity index (χ1v) is 12.7. The van der Waals surface area contributed by atoms with E-state index < -0.39 is 0 Å². The third-order valence-corrected chi connectivity index (χ3v) is 8.40. The summed E-state index contributed by atoms with van der Waals surface area (Å²) in [6.45, 7) is 0.473. The van der Waals surface area contributed by atoms with Gasteiger partial charge in [-0.3, -0.25) is 0 Å². The zero-order chi connectivity index (χ0) is 23.2. The second-order valence-electron chi connectivity index (χ2n) is 8.79. The summed E-state index contributed by atoms with van der Waals surface area (Å²) in [6, 6.07) is 17.1. The van der Waals surface area contributed by atoms with E-state index in [-0.39, 0.29) is 17.9 Å². The lowest BCUT2D eigenvalue weighted by molar-refractivity contribution is 0.194. The summed E-state index contributed by atoms with van der Waals surface area (Å²) in [5.41, 5.74) is 5.02. The van der Waals surface area contributed by atoms with E-state index in [1.807, 2.05) is 34.4 Å². The lowest BCUT2D eigenvalue weighted by Gasteiger charge is -2.31. The number of aromatic nitrogens is 1. The number of rotatable bonds is 2. The molecule has 2 aromatic carbocycles. The highest BCUT2D eigenvalue weighted by molar-refractivity contribution is 7.15. The average molecular weight is 492 g/mol. The molecule has 7 heteroatoms. The fraction of sp³-hybridized carbons (Fsp3) is 0.222. The molecule has 0 saturated carbocycles. The van der Waals surface area contributed by atoms with E-state index in [0.717, 1.165) is 24.1 Å². The zero-order valence-electron chi connectivity index (χ0n) is 18.4. The molecule has 1 atom stereocenters. The number of aryl methyl sites for hydroxylation is 1. The maximum absolute atomic E-state index is 13.8. The van der Waals surface area contributed by atoms with Gasteiger partial charge in [-0.15, -0.1) is 11.3 Å². The molecule has 2 aromatic heterocycles. The van der Waals surface area contributed by atoms with Gasteiger partial charge in [0.25, 0.3) is 0 Å². The van der Waals surface area contributed by atoms with Crippen LogP contribution in [0.25, 0.3) is 5.00 Å². The van der Waals surface area contributed by atoms with Crippen molar-refractivity contribution in [2.45, 2.75) is 38.3 Å². The number of hydrogen-bond acceptors (Lipinski definition) is 2. The van der Waals surface area contributed by atoms with E-state index >= 15 is 0 Å². The summed E-state index contributed by atoms with van der Waals surface area (Å²) in [5, 5.41) is 4.69. The molecule has 0 radical (unpaired) electrons. The van der Waals surface area contributed by atoms with Crippen molar-refractivity contribution in [3.63, 3.8) is 0 Å². The van der Waals surface area contributed by atoms with Gasteiger partial charge in [-0.05, 0) is 73.2 Å². The Morgan fingerprint density at radius 2 is 1.79 bits per heavy atom. The highest BCUT2D eigenvalue weighted by Gasteiger charge is 2.36. The van der Waals surface area contributed by atoms with Gasteiger partial charge in [-0.25, -0.2) is 9.18 Å². The summed E-state index contributed by atoms with van der Waals surface area (Å²) in [7, 11) is 0. The second kappa shape index (κ2) is 8.60. The van der Waals surface area contributed by atoms with Crippen molar-refractivity contribution < 1.29 is 9.18 Å². The number of nitrogens with one attached hydrogen (secondary N) is 1. The van der Waals surface area contributed by atoms with Gasteiger partial charge in [-0.1, -0.05) is 35.9 Å². The molecule has 34 heavy (non-hydrogen) atoms. The Kier molecular flexibility index (Phi) is 5.42. The smallest absolute Gasteiger partial charge is 0.310 e. The maximum atomic E-state index is 13.8. The minimum Gasteiger partial charge on any atom is -0.310 e. The fourth-order valence-corrected chi connectivity index (χ4v) is 6.72. The van der Waals surface area contributed by atoms with Crippen LogP contribution in [0.4, 0.5) is 14.9 Å². The molecule has 172 valence electrons. The Balaban J connectivity index is 1.51. The van der Waals surface area contributed by atoms with Crippen LogP contribution < -0.4 is 5.32 Å². The number of anilines is 1. The summed E-state index contributed by atoms with van der Waals surface area (Å²) in [5.74, 6) is -0.298. The van der Waals surface area contributed by atoms with Crippen molar-refractivity contribution in [2.24, 2.45) is 0 Å². The number of amides is 2. The van der Waals surface area contributed by atoms with Crippen LogP contribution in [0.15, 0.2) is 66.9 Å². The number of nitrogens with zero attached hydrogens (tertiary/aromatic N) is 2. The molecule has 0 unspecified atom stereocenters. The molecule has 1 aliphatic carbocycles. The van der Waals surface area contributed by atoms with Gasteiger partial charge >= 0.3 is 6.03 Å². The molecule has 1 aliphatic heterocycles. The van der Waals surface area contributed by atoms with Gasteiger partial charge in [0.15, 0.2) is 0 Å². The van der Waals surface area contributed by atoms with Crippen molar-refractivity contribution in [2.75, 3.05) is 5.32 Å². The monoisotopic (exact) mass is 491 g/mol. The van der Waals surface area contributed by atoms with E-state index in [0.29, 0.717) is 17.3 Å². The van der Waals surface area contributed by atoms with Crippen molar-refractivity contribution in [1.29, 1.82) is 0 Å². The van der Waals surface area contributed by atoms with Crippen LogP contribution >= 0.6 is 22.9 Å². The van der Waals surface area contributed by atoms with Crippen LogP contribution in [0.2, 0.25) is 5.02 Å². The standard InChI is InChI=1S/C27H23ClFN3OS/c28-21-7-2-3-8-22(21)30-27(33)32-16-20-19-6-1-4-10-24(19)34-26(20)31-15-5-9-23(31)25(32)17-11-13-18(29)14-12-17/h2-3,5,7-9,11-15,25H,1,4,6,10,16H2,(H,30,33)/t25-/m1/s1. The summed E-state index contributed by atoms with van der Waals surface area (Å²) in [6.07, 6.45) is 6.58. The lowest BCUT2D eigenvalue weighted by atomic mass is 9.95. The fourth-order valence-electron chi connectivity index (χ4n) is 5.13. The Morgan fingerprint density at radius 3 is 2.62 bits per heavy atom. The quantitative estimate of drug-likeness (QED) is 0.313. The molecule has 2 aliphatic rings. The number of thiophene rings is 1. The Hall–Kier alpha value is -3.09. The molecule has 0 fully saturated rings. The number of urea groups is 1. The number of para-hydroxylation sites is 1. The van der Waals surface area contributed by atoms with Gasteiger partial charge in [0.1, 0.15) is 10.8 Å². The van der Waals surface area contributed by atoms with Crippen LogP contribution in [-0.2, 0) is 19.4 Å². The predicted molar refractivity (Wildman–Crippen MR) is 135 cm³/mol. The Bertz CT molecular complexity index is 1380. The molecule has 2 amide bonds. The number of benzene rings is 2. The Morgan fingerprint density at radius 1 is 1.00 bits per heavy atom. The van der Waals surface area contributed by atoms with E-state index in [9.17, 15) is 9.18 Å². The summed E-state index contributed by atoms with van der Waals surface area (Å²) in [4.78, 5) is 17.1.